The van der Waals surface area contributed by atoms with E-state index < -0.39 is 5.97 Å². The fourth-order valence-electron chi connectivity index (χ4n) is 7.55. The van der Waals surface area contributed by atoms with Crippen LogP contribution in [-0.2, 0) is 28.7 Å². The minimum absolute atomic E-state index is 0.137. The molecule has 1 heterocycles. The van der Waals surface area contributed by atoms with E-state index in [1.165, 1.54) is 0 Å². The average Bonchev–Trinajstić information content (AvgIpc) is 3.20. The van der Waals surface area contributed by atoms with Gasteiger partial charge in [0.2, 0.25) is 0 Å². The van der Waals surface area contributed by atoms with E-state index in [2.05, 4.69) is 11.7 Å². The summed E-state index contributed by atoms with van der Waals surface area (Å²) in [5.41, 5.74) is 0. The normalized spacial score (nSPS) is 53.5. The van der Waals surface area contributed by atoms with Crippen LogP contribution in [0.5, 0.6) is 0 Å². The van der Waals surface area contributed by atoms with Crippen LogP contribution >= 0.6 is 0 Å². The van der Waals surface area contributed by atoms with Gasteiger partial charge in [-0.2, -0.15) is 0 Å². The summed E-state index contributed by atoms with van der Waals surface area (Å²) in [6, 6.07) is 0. The minimum Gasteiger partial charge on any atom is -0.395 e. The first-order valence-electron chi connectivity index (χ1n) is 8.94. The average molecular weight is 332 g/mol. The lowest BCUT2D eigenvalue weighted by atomic mass is 9.46. The van der Waals surface area contributed by atoms with Gasteiger partial charge in [-0.25, -0.2) is 0 Å². The molecule has 6 heteroatoms. The molecule has 0 amide bonds. The van der Waals surface area contributed by atoms with E-state index in [9.17, 15) is 19.2 Å². The largest absolute Gasteiger partial charge is 0.395 e. The lowest BCUT2D eigenvalue weighted by Gasteiger charge is -2.56. The zero-order chi connectivity index (χ0) is 16.7. The molecule has 24 heavy (non-hydrogen) atoms. The Morgan fingerprint density at radius 2 is 1.62 bits per heavy atom. The second kappa shape index (κ2) is 4.67. The van der Waals surface area contributed by atoms with Gasteiger partial charge in [-0.3, -0.25) is 19.2 Å². The molecule has 10 unspecified atom stereocenters. The summed E-state index contributed by atoms with van der Waals surface area (Å²) in [6.07, 6.45) is 2.86. The fourth-order valence-corrected chi connectivity index (χ4v) is 7.55. The highest BCUT2D eigenvalue weighted by molar-refractivity contribution is 5.97. The highest BCUT2D eigenvalue weighted by Gasteiger charge is 2.71. The third-order valence-corrected chi connectivity index (χ3v) is 7.99. The molecule has 6 nitrogen and oxygen atoms in total. The molecule has 128 valence electrons. The lowest BCUT2D eigenvalue weighted by molar-refractivity contribution is -0.167. The number of ether oxygens (including phenoxy) is 2. The van der Waals surface area contributed by atoms with Crippen molar-refractivity contribution in [2.75, 3.05) is 0 Å². The topological polar surface area (TPSA) is 86.7 Å². The standard InChI is InChI=1S/C18H20O6/c1-6-9-4-10(11(6)16(20)23-5-19)13-8-3-2-7(12(9)13)14-15(8)18(22)24-17(14)21/h5-15H,2-4H2,1H3. The third kappa shape index (κ3) is 1.53. The molecule has 1 aliphatic heterocycles. The summed E-state index contributed by atoms with van der Waals surface area (Å²) in [4.78, 5) is 47.2. The van der Waals surface area contributed by atoms with Gasteiger partial charge >= 0.3 is 24.4 Å². The van der Waals surface area contributed by atoms with Crippen LogP contribution in [-0.4, -0.2) is 24.4 Å². The number of rotatable bonds is 2. The van der Waals surface area contributed by atoms with E-state index >= 15 is 0 Å². The molecule has 6 fully saturated rings. The van der Waals surface area contributed by atoms with E-state index in [1.54, 1.807) is 0 Å². The van der Waals surface area contributed by atoms with E-state index in [-0.39, 0.29) is 65.8 Å². The molecule has 0 N–H and O–H groups in total. The summed E-state index contributed by atoms with van der Waals surface area (Å²) < 4.78 is 9.64. The van der Waals surface area contributed by atoms with Crippen molar-refractivity contribution in [3.05, 3.63) is 0 Å². The zero-order valence-corrected chi connectivity index (χ0v) is 13.4. The Balaban J connectivity index is 1.53. The molecule has 0 aromatic rings. The van der Waals surface area contributed by atoms with Gasteiger partial charge in [-0.05, 0) is 60.7 Å². The van der Waals surface area contributed by atoms with E-state index in [4.69, 9.17) is 4.74 Å². The van der Waals surface area contributed by atoms with Gasteiger partial charge in [0.1, 0.15) is 0 Å². The van der Waals surface area contributed by atoms with Crippen LogP contribution in [0.1, 0.15) is 26.2 Å². The third-order valence-electron chi connectivity index (χ3n) is 7.99. The van der Waals surface area contributed by atoms with Crippen molar-refractivity contribution in [1.29, 1.82) is 0 Å². The number of hydrogen-bond donors (Lipinski definition) is 0. The van der Waals surface area contributed by atoms with Crippen LogP contribution < -0.4 is 0 Å². The van der Waals surface area contributed by atoms with Crippen LogP contribution in [0.15, 0.2) is 0 Å². The Morgan fingerprint density at radius 3 is 2.21 bits per heavy atom. The van der Waals surface area contributed by atoms with Gasteiger partial charge in [0.25, 0.3) is 0 Å². The molecule has 4 bridgehead atoms. The van der Waals surface area contributed by atoms with Crippen molar-refractivity contribution in [1.82, 2.24) is 0 Å². The first-order valence-corrected chi connectivity index (χ1v) is 8.94. The Labute approximate surface area is 139 Å². The van der Waals surface area contributed by atoms with Crippen LogP contribution in [0.4, 0.5) is 0 Å². The van der Waals surface area contributed by atoms with Gasteiger partial charge in [0, 0.05) is 0 Å². The number of cyclic esters (lactones) is 2. The molecule has 0 aromatic heterocycles. The maximum absolute atomic E-state index is 12.3. The summed E-state index contributed by atoms with van der Waals surface area (Å²) in [5, 5.41) is 0. The Bertz CT molecular complexity index is 656. The maximum Gasteiger partial charge on any atom is 0.317 e. The first kappa shape index (κ1) is 14.6. The first-order chi connectivity index (χ1) is 11.5. The number of fused-ring (bicyclic) bond motifs is 3. The summed E-state index contributed by atoms with van der Waals surface area (Å²) in [5.74, 6) is -0.194. The molecule has 0 spiro atoms. The molecule has 10 atom stereocenters. The highest BCUT2D eigenvalue weighted by Crippen LogP contribution is 2.71. The molecular weight excluding hydrogens is 312 g/mol. The van der Waals surface area contributed by atoms with Gasteiger partial charge < -0.3 is 9.47 Å². The highest BCUT2D eigenvalue weighted by atomic mass is 16.6. The second-order valence-corrected chi connectivity index (χ2v) is 8.33. The van der Waals surface area contributed by atoms with Crippen molar-refractivity contribution < 1.29 is 28.7 Å². The summed E-state index contributed by atoms with van der Waals surface area (Å²) >= 11 is 0. The molecule has 5 saturated carbocycles. The van der Waals surface area contributed by atoms with Crippen molar-refractivity contribution >= 4 is 24.4 Å². The van der Waals surface area contributed by atoms with Crippen LogP contribution in [0, 0.1) is 59.2 Å². The monoisotopic (exact) mass is 332 g/mol. The Kier molecular flexibility index (Phi) is 2.84. The Hall–Kier alpha value is -1.72. The number of hydrogen-bond acceptors (Lipinski definition) is 6. The molecule has 6 aliphatic rings. The zero-order valence-electron chi connectivity index (χ0n) is 13.4. The molecule has 0 aromatic carbocycles. The smallest absolute Gasteiger partial charge is 0.317 e. The molecule has 0 radical (unpaired) electrons. The van der Waals surface area contributed by atoms with Crippen LogP contribution in [0.25, 0.3) is 0 Å². The number of esters is 3. The van der Waals surface area contributed by atoms with Gasteiger partial charge in [-0.1, -0.05) is 6.92 Å². The van der Waals surface area contributed by atoms with Crippen molar-refractivity contribution in [2.24, 2.45) is 59.2 Å². The molecular formula is C18H20O6. The molecule has 5 aliphatic carbocycles. The minimum atomic E-state index is -0.425. The van der Waals surface area contributed by atoms with Crippen molar-refractivity contribution in [3.8, 4) is 0 Å². The predicted molar refractivity (Wildman–Crippen MR) is 77.7 cm³/mol. The Morgan fingerprint density at radius 1 is 1.04 bits per heavy atom. The molecule has 6 rings (SSSR count). The SMILES string of the molecule is CC1C2CC(C1C(=O)OC=O)C1C3CCC(C4C(=O)OC(=O)C34)C21. The van der Waals surface area contributed by atoms with E-state index in [0.29, 0.717) is 11.8 Å². The van der Waals surface area contributed by atoms with Crippen molar-refractivity contribution in [2.45, 2.75) is 26.2 Å². The quantitative estimate of drug-likeness (QED) is 0.429. The lowest BCUT2D eigenvalue weighted by Crippen LogP contribution is -2.56. The van der Waals surface area contributed by atoms with Gasteiger partial charge in [0.05, 0.1) is 17.8 Å². The van der Waals surface area contributed by atoms with Gasteiger partial charge in [-0.15, -0.1) is 0 Å². The van der Waals surface area contributed by atoms with Gasteiger partial charge in [0.15, 0.2) is 0 Å². The predicted octanol–water partition coefficient (Wildman–Crippen LogP) is 1.18. The maximum atomic E-state index is 12.3. The van der Waals surface area contributed by atoms with E-state index in [1.807, 2.05) is 0 Å². The number of carbonyl (C=O) groups is 4. The fraction of sp³-hybridized carbons (Fsp3) is 0.778. The van der Waals surface area contributed by atoms with Crippen LogP contribution in [0.3, 0.4) is 0 Å². The van der Waals surface area contributed by atoms with E-state index in [0.717, 1.165) is 19.3 Å². The summed E-state index contributed by atoms with van der Waals surface area (Å²) in [7, 11) is 0. The second-order valence-electron chi connectivity index (χ2n) is 8.33. The van der Waals surface area contributed by atoms with Crippen molar-refractivity contribution in [3.63, 3.8) is 0 Å². The van der Waals surface area contributed by atoms with Crippen LogP contribution in [0.2, 0.25) is 0 Å². The summed E-state index contributed by atoms with van der Waals surface area (Å²) in [6.45, 7) is 2.28. The number of carbonyl (C=O) groups excluding carboxylic acids is 4. The molecule has 1 saturated heterocycles.